The number of halogens is 1. The summed E-state index contributed by atoms with van der Waals surface area (Å²) in [6, 6.07) is 9.58. The molecule has 148 valence electrons. The molecule has 0 aliphatic heterocycles. The third-order valence-electron chi connectivity index (χ3n) is 5.46. The van der Waals surface area contributed by atoms with Crippen LogP contribution in [0.4, 0.5) is 22.1 Å². The second-order valence-electron chi connectivity index (χ2n) is 7.28. The van der Waals surface area contributed by atoms with Gasteiger partial charge in [0.2, 0.25) is 5.95 Å². The van der Waals surface area contributed by atoms with Gasteiger partial charge in [0.15, 0.2) is 5.65 Å². The average Bonchev–Trinajstić information content (AvgIpc) is 3.40. The van der Waals surface area contributed by atoms with Crippen LogP contribution in [0.1, 0.15) is 6.42 Å². The van der Waals surface area contributed by atoms with Crippen molar-refractivity contribution in [3.05, 3.63) is 53.7 Å². The van der Waals surface area contributed by atoms with Crippen LogP contribution in [0, 0.1) is 11.8 Å². The van der Waals surface area contributed by atoms with E-state index in [0.717, 1.165) is 12.1 Å². The van der Waals surface area contributed by atoms with Crippen LogP contribution in [0.25, 0.3) is 11.2 Å². The van der Waals surface area contributed by atoms with Gasteiger partial charge in [0, 0.05) is 17.5 Å². The molecule has 4 atom stereocenters. The standard InChI is InChI=1S/C20H19ClN6O2/c21-13-9-23-18-16(26-20(27-18)24-12-4-2-1-3-5-12)15(13)25-14-10-6-7-11(8-10)17(14)29-19(22)28/h1-7,9-11,14,17H,8H2,(H2,22,28)(H3,23,24,25,26,27)/t10-,11+,14+,17-/m0/s1. The Morgan fingerprint density at radius 3 is 2.83 bits per heavy atom. The Labute approximate surface area is 171 Å². The minimum absolute atomic E-state index is 0.130. The highest BCUT2D eigenvalue weighted by atomic mass is 35.5. The van der Waals surface area contributed by atoms with Gasteiger partial charge in [0.25, 0.3) is 0 Å². The van der Waals surface area contributed by atoms with Crippen LogP contribution in [0.5, 0.6) is 0 Å². The zero-order valence-corrected chi connectivity index (χ0v) is 16.1. The van der Waals surface area contributed by atoms with E-state index in [1.54, 1.807) is 6.20 Å². The van der Waals surface area contributed by atoms with Crippen molar-refractivity contribution in [2.75, 3.05) is 10.6 Å². The molecule has 1 fully saturated rings. The number of benzene rings is 1. The molecule has 5 rings (SSSR count). The third kappa shape index (κ3) is 3.25. The predicted octanol–water partition coefficient (Wildman–Crippen LogP) is 3.81. The van der Waals surface area contributed by atoms with Gasteiger partial charge in [-0.15, -0.1) is 0 Å². The van der Waals surface area contributed by atoms with E-state index in [1.807, 2.05) is 30.3 Å². The molecule has 29 heavy (non-hydrogen) atoms. The summed E-state index contributed by atoms with van der Waals surface area (Å²) in [5.41, 5.74) is 8.07. The minimum Gasteiger partial charge on any atom is -0.444 e. The molecule has 5 N–H and O–H groups in total. The number of fused-ring (bicyclic) bond motifs is 3. The fourth-order valence-corrected chi connectivity index (χ4v) is 4.42. The first kappa shape index (κ1) is 17.8. The topological polar surface area (TPSA) is 118 Å². The number of rotatable bonds is 5. The maximum absolute atomic E-state index is 11.4. The largest absolute Gasteiger partial charge is 0.444 e. The molecule has 2 bridgehead atoms. The van der Waals surface area contributed by atoms with Gasteiger partial charge in [-0.25, -0.2) is 9.78 Å². The second-order valence-corrected chi connectivity index (χ2v) is 7.68. The number of para-hydroxylation sites is 1. The average molecular weight is 411 g/mol. The van der Waals surface area contributed by atoms with Crippen LogP contribution >= 0.6 is 11.6 Å². The van der Waals surface area contributed by atoms with E-state index in [2.05, 4.69) is 37.7 Å². The molecule has 1 amide bonds. The van der Waals surface area contributed by atoms with Gasteiger partial charge in [-0.2, -0.15) is 4.98 Å². The summed E-state index contributed by atoms with van der Waals surface area (Å²) in [5, 5.41) is 7.14. The van der Waals surface area contributed by atoms with Gasteiger partial charge in [-0.05, 0) is 18.6 Å². The molecule has 8 nitrogen and oxygen atoms in total. The Morgan fingerprint density at radius 1 is 1.24 bits per heavy atom. The zero-order valence-electron chi connectivity index (χ0n) is 15.3. The minimum atomic E-state index is -0.774. The maximum atomic E-state index is 11.4. The van der Waals surface area contributed by atoms with Gasteiger partial charge in [0.1, 0.15) is 11.6 Å². The number of hydrogen-bond acceptors (Lipinski definition) is 6. The number of primary amides is 1. The van der Waals surface area contributed by atoms with E-state index in [9.17, 15) is 4.79 Å². The summed E-state index contributed by atoms with van der Waals surface area (Å²) in [4.78, 5) is 23.4. The normalized spacial score (nSPS) is 24.7. The van der Waals surface area contributed by atoms with Gasteiger partial charge < -0.3 is 26.1 Å². The van der Waals surface area contributed by atoms with Crippen LogP contribution in [0.15, 0.2) is 48.7 Å². The lowest BCUT2D eigenvalue weighted by molar-refractivity contribution is 0.0854. The van der Waals surface area contributed by atoms with Crippen molar-refractivity contribution in [2.45, 2.75) is 18.6 Å². The van der Waals surface area contributed by atoms with E-state index < -0.39 is 6.09 Å². The second kappa shape index (κ2) is 6.97. The number of ether oxygens (including phenoxy) is 1. The molecular weight excluding hydrogens is 392 g/mol. The molecule has 9 heteroatoms. The molecule has 0 unspecified atom stereocenters. The molecule has 3 aromatic rings. The fraction of sp³-hybridized carbons (Fsp3) is 0.250. The first-order chi connectivity index (χ1) is 14.1. The van der Waals surface area contributed by atoms with Gasteiger partial charge >= 0.3 is 6.09 Å². The lowest BCUT2D eigenvalue weighted by Crippen LogP contribution is -2.41. The number of hydrogen-bond donors (Lipinski definition) is 4. The highest BCUT2D eigenvalue weighted by molar-refractivity contribution is 6.34. The van der Waals surface area contributed by atoms with Gasteiger partial charge in [-0.3, -0.25) is 0 Å². The summed E-state index contributed by atoms with van der Waals surface area (Å²) in [7, 11) is 0. The van der Waals surface area contributed by atoms with E-state index in [4.69, 9.17) is 22.1 Å². The molecule has 1 saturated carbocycles. The number of pyridine rings is 1. The molecule has 0 spiro atoms. The number of carbonyl (C=O) groups excluding carboxylic acids is 1. The van der Waals surface area contributed by atoms with Crippen LogP contribution in [-0.2, 0) is 4.74 Å². The first-order valence-corrected chi connectivity index (χ1v) is 9.73. The molecule has 0 radical (unpaired) electrons. The third-order valence-corrected chi connectivity index (χ3v) is 5.75. The number of anilines is 3. The molecule has 0 saturated heterocycles. The molecule has 2 aliphatic carbocycles. The number of nitrogens with one attached hydrogen (secondary N) is 3. The Hall–Kier alpha value is -3.26. The van der Waals surface area contributed by atoms with Crippen molar-refractivity contribution in [3.8, 4) is 0 Å². The smallest absolute Gasteiger partial charge is 0.404 e. The van der Waals surface area contributed by atoms with Crippen LogP contribution in [0.2, 0.25) is 5.02 Å². The van der Waals surface area contributed by atoms with E-state index >= 15 is 0 Å². The van der Waals surface area contributed by atoms with E-state index in [-0.39, 0.29) is 24.0 Å². The molecule has 2 heterocycles. The van der Waals surface area contributed by atoms with Crippen LogP contribution < -0.4 is 16.4 Å². The molecule has 2 aromatic heterocycles. The SMILES string of the molecule is NC(=O)O[C@@H]1[C@H](Nc2c(Cl)cnc3nc(Nc4ccccc4)[nH]c23)[C@H]2C=C[C@@H]1C2. The van der Waals surface area contributed by atoms with Crippen molar-refractivity contribution >= 4 is 46.2 Å². The summed E-state index contributed by atoms with van der Waals surface area (Å²) in [6.07, 6.45) is 5.58. The summed E-state index contributed by atoms with van der Waals surface area (Å²) in [5.74, 6) is 0.938. The first-order valence-electron chi connectivity index (χ1n) is 9.36. The van der Waals surface area contributed by atoms with Crippen LogP contribution in [0.3, 0.4) is 0 Å². The number of aromatic amines is 1. The highest BCUT2D eigenvalue weighted by Crippen LogP contribution is 2.44. The number of nitrogens with two attached hydrogens (primary N) is 1. The van der Waals surface area contributed by atoms with Crippen molar-refractivity contribution in [1.29, 1.82) is 0 Å². The quantitative estimate of drug-likeness (QED) is 0.475. The molecule has 2 aliphatic rings. The Morgan fingerprint density at radius 2 is 2.03 bits per heavy atom. The van der Waals surface area contributed by atoms with Gasteiger partial charge in [-0.1, -0.05) is 42.0 Å². The zero-order chi connectivity index (χ0) is 20.0. The number of carbonyl (C=O) groups is 1. The maximum Gasteiger partial charge on any atom is 0.404 e. The fourth-order valence-electron chi connectivity index (χ4n) is 4.22. The van der Waals surface area contributed by atoms with Crippen molar-refractivity contribution < 1.29 is 9.53 Å². The Kier molecular flexibility index (Phi) is 4.28. The van der Waals surface area contributed by atoms with E-state index in [1.165, 1.54) is 0 Å². The number of imidazole rings is 1. The number of H-pyrrole nitrogens is 1. The van der Waals surface area contributed by atoms with Crippen molar-refractivity contribution in [2.24, 2.45) is 17.6 Å². The summed E-state index contributed by atoms with van der Waals surface area (Å²) in [6.45, 7) is 0. The predicted molar refractivity (Wildman–Crippen MR) is 111 cm³/mol. The number of aromatic nitrogens is 3. The summed E-state index contributed by atoms with van der Waals surface area (Å²) >= 11 is 6.46. The Balaban J connectivity index is 1.47. The summed E-state index contributed by atoms with van der Waals surface area (Å²) < 4.78 is 5.39. The van der Waals surface area contributed by atoms with Crippen LogP contribution in [-0.4, -0.2) is 33.2 Å². The molecule has 1 aromatic carbocycles. The highest BCUT2D eigenvalue weighted by Gasteiger charge is 2.47. The number of nitrogens with zero attached hydrogens (tertiary/aromatic N) is 2. The lowest BCUT2D eigenvalue weighted by atomic mass is 9.98. The van der Waals surface area contributed by atoms with Crippen molar-refractivity contribution in [3.63, 3.8) is 0 Å². The molecular formula is C20H19ClN6O2. The Bertz CT molecular complexity index is 1100. The van der Waals surface area contributed by atoms with Gasteiger partial charge in [0.05, 0.1) is 22.9 Å². The number of amides is 1. The monoisotopic (exact) mass is 410 g/mol. The van der Waals surface area contributed by atoms with E-state index in [0.29, 0.717) is 27.8 Å². The lowest BCUT2D eigenvalue weighted by Gasteiger charge is -2.29. The van der Waals surface area contributed by atoms with Crippen molar-refractivity contribution in [1.82, 2.24) is 15.0 Å².